The van der Waals surface area contributed by atoms with Crippen LogP contribution >= 0.6 is 11.6 Å². The third kappa shape index (κ3) is 1.89. The maximum atomic E-state index is 5.67. The van der Waals surface area contributed by atoms with E-state index in [1.54, 1.807) is 6.08 Å². The molecule has 0 heterocycles. The molecule has 0 fully saturated rings. The molecular weight excluding hydrogens is 144 g/mol. The molecule has 51 valence electrons. The Bertz CT molecular complexity index is 221. The predicted molar refractivity (Wildman–Crippen MR) is 45.8 cm³/mol. The van der Waals surface area contributed by atoms with E-state index in [4.69, 9.17) is 11.6 Å². The van der Waals surface area contributed by atoms with Crippen molar-refractivity contribution in [1.82, 2.24) is 0 Å². The van der Waals surface area contributed by atoms with Gasteiger partial charge in [0.15, 0.2) is 0 Å². The number of hydrogen-bond acceptors (Lipinski definition) is 0. The highest BCUT2D eigenvalue weighted by atomic mass is 35.5. The molecule has 0 aliphatic heterocycles. The third-order valence-corrected chi connectivity index (χ3v) is 1.43. The van der Waals surface area contributed by atoms with Crippen molar-refractivity contribution in [3.05, 3.63) is 47.9 Å². The Labute approximate surface area is 66.1 Å². The minimum Gasteiger partial charge on any atom is -0.0843 e. The quantitative estimate of drug-likeness (QED) is 0.578. The molecule has 0 saturated heterocycles. The maximum Gasteiger partial charge on any atom is 0.0406 e. The first-order chi connectivity index (χ1) is 4.83. The molecule has 0 bridgehead atoms. The van der Waals surface area contributed by atoms with Gasteiger partial charge in [-0.1, -0.05) is 35.9 Å². The van der Waals surface area contributed by atoms with Crippen molar-refractivity contribution in [1.29, 1.82) is 0 Å². The number of halogens is 1. The van der Waals surface area contributed by atoms with Gasteiger partial charge >= 0.3 is 0 Å². The molecule has 0 nitrogen and oxygen atoms in total. The minimum absolute atomic E-state index is 0.765. The van der Waals surface area contributed by atoms with Crippen LogP contribution in [0, 0.1) is 6.92 Å². The summed E-state index contributed by atoms with van der Waals surface area (Å²) in [5.41, 5.74) is 1.12. The van der Waals surface area contributed by atoms with Gasteiger partial charge in [-0.3, -0.25) is 0 Å². The van der Waals surface area contributed by atoms with Crippen LogP contribution in [0.3, 0.4) is 0 Å². The average molecular weight is 152 g/mol. The van der Waals surface area contributed by atoms with Crippen LogP contribution in [0.4, 0.5) is 0 Å². The number of benzene rings is 1. The van der Waals surface area contributed by atoms with E-state index in [9.17, 15) is 0 Å². The highest BCUT2D eigenvalue weighted by molar-refractivity contribution is 6.30. The summed E-state index contributed by atoms with van der Waals surface area (Å²) in [6.45, 7) is 3.59. The van der Waals surface area contributed by atoms with E-state index in [2.05, 4.69) is 6.92 Å². The summed E-state index contributed by atoms with van der Waals surface area (Å²) in [4.78, 5) is 0. The van der Waals surface area contributed by atoms with E-state index >= 15 is 0 Å². The zero-order valence-electron chi connectivity index (χ0n) is 5.55. The van der Waals surface area contributed by atoms with E-state index in [0.717, 1.165) is 10.6 Å². The van der Waals surface area contributed by atoms with E-state index in [-0.39, 0.29) is 0 Å². The molecule has 0 saturated carbocycles. The van der Waals surface area contributed by atoms with Crippen LogP contribution in [-0.2, 0) is 0 Å². The standard InChI is InChI=1S/C9H8Cl/c1-2-3-8-4-6-9(10)7-5-8/h2-7H,1H2/b3-2+. The third-order valence-electron chi connectivity index (χ3n) is 1.18. The molecule has 1 aromatic rings. The van der Waals surface area contributed by atoms with Gasteiger partial charge in [-0.25, -0.2) is 0 Å². The molecule has 0 atom stereocenters. The van der Waals surface area contributed by atoms with Gasteiger partial charge < -0.3 is 0 Å². The molecule has 1 heteroatoms. The van der Waals surface area contributed by atoms with Crippen molar-refractivity contribution in [2.45, 2.75) is 0 Å². The molecular formula is C9H8Cl. The summed E-state index contributed by atoms with van der Waals surface area (Å²) >= 11 is 5.67. The Hall–Kier alpha value is -0.750. The summed E-state index contributed by atoms with van der Waals surface area (Å²) in [5.74, 6) is 0. The predicted octanol–water partition coefficient (Wildman–Crippen LogP) is 3.19. The first-order valence-corrected chi connectivity index (χ1v) is 3.42. The smallest absolute Gasteiger partial charge is 0.0406 e. The van der Waals surface area contributed by atoms with Crippen molar-refractivity contribution >= 4 is 17.7 Å². The van der Waals surface area contributed by atoms with E-state index in [0.29, 0.717) is 0 Å². The first-order valence-electron chi connectivity index (χ1n) is 3.04. The van der Waals surface area contributed by atoms with Gasteiger partial charge in [0.1, 0.15) is 0 Å². The molecule has 1 aromatic carbocycles. The summed E-state index contributed by atoms with van der Waals surface area (Å²) in [6.07, 6.45) is 3.68. The molecule has 1 rings (SSSR count). The molecule has 0 aromatic heterocycles. The Morgan fingerprint density at radius 3 is 2.30 bits per heavy atom. The fourth-order valence-electron chi connectivity index (χ4n) is 0.710. The fourth-order valence-corrected chi connectivity index (χ4v) is 0.836. The van der Waals surface area contributed by atoms with Crippen molar-refractivity contribution in [3.8, 4) is 0 Å². The van der Waals surface area contributed by atoms with E-state index in [1.165, 1.54) is 0 Å². The van der Waals surface area contributed by atoms with Crippen LogP contribution in [0.15, 0.2) is 30.3 Å². The average Bonchev–Trinajstić information content (AvgIpc) is 1.95. The lowest BCUT2D eigenvalue weighted by molar-refractivity contribution is 1.66. The van der Waals surface area contributed by atoms with Gasteiger partial charge in [0.2, 0.25) is 0 Å². The second-order valence-corrected chi connectivity index (χ2v) is 2.39. The monoisotopic (exact) mass is 151 g/mol. The van der Waals surface area contributed by atoms with Gasteiger partial charge in [0.05, 0.1) is 0 Å². The van der Waals surface area contributed by atoms with Crippen LogP contribution in [0.25, 0.3) is 6.08 Å². The zero-order valence-corrected chi connectivity index (χ0v) is 6.31. The molecule has 0 aliphatic carbocycles. The molecule has 0 unspecified atom stereocenters. The maximum absolute atomic E-state index is 5.67. The van der Waals surface area contributed by atoms with Crippen LogP contribution in [-0.4, -0.2) is 0 Å². The molecule has 0 amide bonds. The summed E-state index contributed by atoms with van der Waals surface area (Å²) in [6, 6.07) is 7.61. The summed E-state index contributed by atoms with van der Waals surface area (Å²) in [5, 5.41) is 0.765. The Morgan fingerprint density at radius 1 is 1.20 bits per heavy atom. The highest BCUT2D eigenvalue weighted by Gasteiger charge is 1.84. The van der Waals surface area contributed by atoms with Gasteiger partial charge in [-0.05, 0) is 24.6 Å². The van der Waals surface area contributed by atoms with Crippen LogP contribution in [0.1, 0.15) is 5.56 Å². The molecule has 10 heavy (non-hydrogen) atoms. The van der Waals surface area contributed by atoms with Gasteiger partial charge in [0.25, 0.3) is 0 Å². The Kier molecular flexibility index (Phi) is 2.52. The number of allylic oxidation sites excluding steroid dienone is 1. The van der Waals surface area contributed by atoms with Crippen molar-refractivity contribution in [3.63, 3.8) is 0 Å². The second-order valence-electron chi connectivity index (χ2n) is 1.95. The lowest BCUT2D eigenvalue weighted by Crippen LogP contribution is -1.68. The van der Waals surface area contributed by atoms with Gasteiger partial charge in [-0.15, -0.1) is 0 Å². The Balaban J connectivity index is 2.89. The van der Waals surface area contributed by atoms with E-state index < -0.39 is 0 Å². The largest absolute Gasteiger partial charge is 0.0843 e. The molecule has 0 N–H and O–H groups in total. The fraction of sp³-hybridized carbons (Fsp3) is 0. The topological polar surface area (TPSA) is 0 Å². The van der Waals surface area contributed by atoms with Crippen molar-refractivity contribution in [2.75, 3.05) is 0 Å². The van der Waals surface area contributed by atoms with Gasteiger partial charge in [-0.2, -0.15) is 0 Å². The van der Waals surface area contributed by atoms with Crippen LogP contribution < -0.4 is 0 Å². The second kappa shape index (κ2) is 3.43. The van der Waals surface area contributed by atoms with Crippen LogP contribution in [0.2, 0.25) is 5.02 Å². The van der Waals surface area contributed by atoms with Gasteiger partial charge in [0, 0.05) is 5.02 Å². The zero-order chi connectivity index (χ0) is 7.40. The minimum atomic E-state index is 0.765. The Morgan fingerprint density at radius 2 is 1.80 bits per heavy atom. The molecule has 1 radical (unpaired) electrons. The molecule has 0 aliphatic rings. The number of rotatable bonds is 1. The van der Waals surface area contributed by atoms with Crippen molar-refractivity contribution in [2.24, 2.45) is 0 Å². The number of hydrogen-bond donors (Lipinski definition) is 0. The lowest BCUT2D eigenvalue weighted by atomic mass is 10.2. The summed E-state index contributed by atoms with van der Waals surface area (Å²) in [7, 11) is 0. The normalized spacial score (nSPS) is 10.6. The first kappa shape index (κ1) is 7.36. The highest BCUT2D eigenvalue weighted by Crippen LogP contribution is 2.10. The SMILES string of the molecule is [CH2]/C=C/c1ccc(Cl)cc1. The molecule has 0 spiro atoms. The van der Waals surface area contributed by atoms with Crippen molar-refractivity contribution < 1.29 is 0 Å². The van der Waals surface area contributed by atoms with Crippen LogP contribution in [0.5, 0.6) is 0 Å². The van der Waals surface area contributed by atoms with E-state index in [1.807, 2.05) is 30.3 Å². The summed E-state index contributed by atoms with van der Waals surface area (Å²) < 4.78 is 0. The lowest BCUT2D eigenvalue weighted by Gasteiger charge is -1.90.